The van der Waals surface area contributed by atoms with E-state index in [1.165, 1.54) is 6.20 Å². The summed E-state index contributed by atoms with van der Waals surface area (Å²) in [6.07, 6.45) is 1.74. The highest BCUT2D eigenvalue weighted by Crippen LogP contribution is 2.26. The minimum atomic E-state index is -0.444. The van der Waals surface area contributed by atoms with Crippen LogP contribution in [0.25, 0.3) is 0 Å². The summed E-state index contributed by atoms with van der Waals surface area (Å²) in [6, 6.07) is 6.59. The number of carbonyl (C=O) groups excluding carboxylic acids is 3. The zero-order valence-electron chi connectivity index (χ0n) is 11.7. The fourth-order valence-electron chi connectivity index (χ4n) is 2.09. The van der Waals surface area contributed by atoms with Crippen LogP contribution >= 0.6 is 0 Å². The second kappa shape index (κ2) is 5.28. The lowest BCUT2D eigenvalue weighted by atomic mass is 10.1. The van der Waals surface area contributed by atoms with E-state index in [0.717, 1.165) is 4.90 Å². The minimum absolute atomic E-state index is 0.115. The summed E-state index contributed by atoms with van der Waals surface area (Å²) in [4.78, 5) is 39.3. The monoisotopic (exact) mass is 272 g/mol. The lowest BCUT2D eigenvalue weighted by molar-refractivity contribution is -0.116. The zero-order chi connectivity index (χ0) is 14.9. The first-order valence-corrected chi connectivity index (χ1v) is 6.36. The van der Waals surface area contributed by atoms with E-state index in [-0.39, 0.29) is 17.9 Å². The molecule has 1 aliphatic heterocycles. The predicted octanol–water partition coefficient (Wildman–Crippen LogP) is 1.66. The van der Waals surface area contributed by atoms with Gasteiger partial charge in [0.1, 0.15) is 5.70 Å². The van der Waals surface area contributed by atoms with Gasteiger partial charge in [-0.3, -0.25) is 14.4 Å². The molecule has 0 unspecified atom stereocenters. The summed E-state index contributed by atoms with van der Waals surface area (Å²) in [6.45, 7) is 1.70. The Morgan fingerprint density at radius 3 is 2.05 bits per heavy atom. The number of allylic oxidation sites excluding steroid dienone is 1. The number of hydrogen-bond acceptors (Lipinski definition) is 4. The van der Waals surface area contributed by atoms with Crippen molar-refractivity contribution >= 4 is 17.6 Å². The van der Waals surface area contributed by atoms with Crippen molar-refractivity contribution in [3.8, 4) is 0 Å². The summed E-state index contributed by atoms with van der Waals surface area (Å²) in [5.74, 6) is -1.13. The van der Waals surface area contributed by atoms with Crippen LogP contribution in [-0.4, -0.2) is 41.5 Å². The molecule has 20 heavy (non-hydrogen) atoms. The van der Waals surface area contributed by atoms with Crippen LogP contribution in [-0.2, 0) is 4.79 Å². The molecule has 104 valence electrons. The molecule has 1 aromatic rings. The van der Waals surface area contributed by atoms with Crippen LogP contribution < -0.4 is 0 Å². The van der Waals surface area contributed by atoms with E-state index in [4.69, 9.17) is 0 Å². The van der Waals surface area contributed by atoms with Crippen LogP contribution in [0.1, 0.15) is 34.1 Å². The molecule has 2 amide bonds. The van der Waals surface area contributed by atoms with E-state index in [0.29, 0.717) is 11.1 Å². The lowest BCUT2D eigenvalue weighted by Gasteiger charge is -2.18. The van der Waals surface area contributed by atoms with Crippen LogP contribution in [0.3, 0.4) is 0 Å². The maximum Gasteiger partial charge on any atom is 0.266 e. The van der Waals surface area contributed by atoms with E-state index in [9.17, 15) is 14.4 Å². The average molecular weight is 272 g/mol. The molecule has 0 aliphatic carbocycles. The largest absolute Gasteiger partial charge is 0.382 e. The Balaban J connectivity index is 2.50. The number of carbonyl (C=O) groups is 3. The minimum Gasteiger partial charge on any atom is -0.382 e. The molecule has 1 heterocycles. The summed E-state index contributed by atoms with van der Waals surface area (Å²) in [5.41, 5.74) is 0.792. The molecule has 0 bridgehead atoms. The average Bonchev–Trinajstić information content (AvgIpc) is 2.68. The standard InChI is InChI=1S/C15H16N2O3/c1-4-13(18)12(9-16(2)3)17-14(19)10-7-5-6-8-11(10)15(17)20/h5-9H,4H2,1-3H3/b12-9-. The molecule has 0 aromatic heterocycles. The third kappa shape index (κ3) is 2.22. The van der Waals surface area contributed by atoms with Gasteiger partial charge in [-0.05, 0) is 12.1 Å². The maximum atomic E-state index is 12.3. The molecule has 0 saturated heterocycles. The molecular formula is C15H16N2O3. The second-order valence-corrected chi connectivity index (χ2v) is 4.75. The van der Waals surface area contributed by atoms with Crippen molar-refractivity contribution in [3.63, 3.8) is 0 Å². The van der Waals surface area contributed by atoms with Crippen LogP contribution in [0, 0.1) is 0 Å². The zero-order valence-corrected chi connectivity index (χ0v) is 11.7. The second-order valence-electron chi connectivity index (χ2n) is 4.75. The summed E-state index contributed by atoms with van der Waals surface area (Å²) in [7, 11) is 3.47. The Hall–Kier alpha value is -2.43. The summed E-state index contributed by atoms with van der Waals surface area (Å²) in [5, 5.41) is 0. The quantitative estimate of drug-likeness (QED) is 0.618. The Labute approximate surface area is 117 Å². The van der Waals surface area contributed by atoms with Gasteiger partial charge in [0.2, 0.25) is 0 Å². The SMILES string of the molecule is CCC(=O)/C(=C/N(C)C)N1C(=O)c2ccccc2C1=O. The number of Topliss-reactive ketones (excluding diaryl/α,β-unsaturated/α-hetero) is 1. The highest BCUT2D eigenvalue weighted by molar-refractivity contribution is 6.25. The van der Waals surface area contributed by atoms with Crippen molar-refractivity contribution in [1.29, 1.82) is 0 Å². The fraction of sp³-hybridized carbons (Fsp3) is 0.267. The molecular weight excluding hydrogens is 256 g/mol. The van der Waals surface area contributed by atoms with Gasteiger partial charge in [0.15, 0.2) is 5.78 Å². The van der Waals surface area contributed by atoms with E-state index in [1.54, 1.807) is 50.2 Å². The molecule has 2 rings (SSSR count). The Bertz CT molecular complexity index is 582. The maximum absolute atomic E-state index is 12.3. The highest BCUT2D eigenvalue weighted by Gasteiger charge is 2.39. The molecule has 5 nitrogen and oxygen atoms in total. The first kappa shape index (κ1) is 14.0. The number of ketones is 1. The fourth-order valence-corrected chi connectivity index (χ4v) is 2.09. The first-order chi connectivity index (χ1) is 9.47. The van der Waals surface area contributed by atoms with Crippen molar-refractivity contribution in [2.24, 2.45) is 0 Å². The molecule has 0 saturated carbocycles. The number of rotatable bonds is 4. The van der Waals surface area contributed by atoms with Gasteiger partial charge in [-0.25, -0.2) is 4.90 Å². The number of imide groups is 1. The van der Waals surface area contributed by atoms with Gasteiger partial charge in [-0.1, -0.05) is 19.1 Å². The van der Waals surface area contributed by atoms with Gasteiger partial charge < -0.3 is 4.90 Å². The Morgan fingerprint density at radius 2 is 1.65 bits per heavy atom. The number of fused-ring (bicyclic) bond motifs is 1. The first-order valence-electron chi connectivity index (χ1n) is 6.36. The molecule has 0 spiro atoms. The predicted molar refractivity (Wildman–Crippen MR) is 74.0 cm³/mol. The van der Waals surface area contributed by atoms with E-state index < -0.39 is 11.8 Å². The summed E-state index contributed by atoms with van der Waals surface area (Å²) >= 11 is 0. The van der Waals surface area contributed by atoms with Gasteiger partial charge in [0, 0.05) is 26.7 Å². The van der Waals surface area contributed by atoms with Crippen molar-refractivity contribution in [2.45, 2.75) is 13.3 Å². The van der Waals surface area contributed by atoms with E-state index in [1.807, 2.05) is 0 Å². The van der Waals surface area contributed by atoms with Crippen molar-refractivity contribution < 1.29 is 14.4 Å². The Morgan fingerprint density at radius 1 is 1.15 bits per heavy atom. The van der Waals surface area contributed by atoms with E-state index >= 15 is 0 Å². The number of nitrogens with zero attached hydrogens (tertiary/aromatic N) is 2. The molecule has 1 aromatic carbocycles. The van der Waals surface area contributed by atoms with Crippen LogP contribution in [0.5, 0.6) is 0 Å². The summed E-state index contributed by atoms with van der Waals surface area (Å²) < 4.78 is 0. The molecule has 1 aliphatic rings. The topological polar surface area (TPSA) is 57.7 Å². The van der Waals surface area contributed by atoms with Crippen molar-refractivity contribution in [2.75, 3.05) is 14.1 Å². The van der Waals surface area contributed by atoms with Crippen molar-refractivity contribution in [1.82, 2.24) is 9.80 Å². The van der Waals surface area contributed by atoms with Crippen LogP contribution in [0.2, 0.25) is 0 Å². The van der Waals surface area contributed by atoms with Crippen molar-refractivity contribution in [3.05, 3.63) is 47.3 Å². The molecule has 0 N–H and O–H groups in total. The number of benzene rings is 1. The van der Waals surface area contributed by atoms with Crippen LogP contribution in [0.15, 0.2) is 36.2 Å². The molecule has 0 atom stereocenters. The molecule has 0 fully saturated rings. The van der Waals surface area contributed by atoms with Crippen LogP contribution in [0.4, 0.5) is 0 Å². The van der Waals surface area contributed by atoms with Gasteiger partial charge in [0.25, 0.3) is 11.8 Å². The third-order valence-corrected chi connectivity index (χ3v) is 3.02. The van der Waals surface area contributed by atoms with Gasteiger partial charge in [-0.15, -0.1) is 0 Å². The normalized spacial score (nSPS) is 14.6. The van der Waals surface area contributed by atoms with Gasteiger partial charge in [-0.2, -0.15) is 0 Å². The third-order valence-electron chi connectivity index (χ3n) is 3.02. The highest BCUT2D eigenvalue weighted by atomic mass is 16.2. The lowest BCUT2D eigenvalue weighted by Crippen LogP contribution is -2.33. The Kier molecular flexibility index (Phi) is 3.70. The molecule has 5 heteroatoms. The number of hydrogen-bond donors (Lipinski definition) is 0. The number of amides is 2. The molecule has 0 radical (unpaired) electrons. The van der Waals surface area contributed by atoms with E-state index in [2.05, 4.69) is 0 Å². The van der Waals surface area contributed by atoms with Gasteiger partial charge >= 0.3 is 0 Å². The van der Waals surface area contributed by atoms with Gasteiger partial charge in [0.05, 0.1) is 11.1 Å². The smallest absolute Gasteiger partial charge is 0.266 e.